The number of methoxy groups -OCH3 is 1. The van der Waals surface area contributed by atoms with E-state index in [4.69, 9.17) is 5.73 Å². The van der Waals surface area contributed by atoms with Gasteiger partial charge < -0.3 is 15.4 Å². The van der Waals surface area contributed by atoms with Gasteiger partial charge in [0, 0.05) is 18.5 Å². The molecule has 1 rings (SSSR count). The Morgan fingerprint density at radius 1 is 1.50 bits per heavy atom. The Kier molecular flexibility index (Phi) is 6.44. The predicted octanol–water partition coefficient (Wildman–Crippen LogP) is 1.32. The number of nitrogens with two attached hydrogens (primary N) is 1. The molecule has 0 atom stereocenters. The van der Waals surface area contributed by atoms with Crippen LogP contribution >= 0.6 is 11.3 Å². The summed E-state index contributed by atoms with van der Waals surface area (Å²) in [7, 11) is 1.34. The minimum absolute atomic E-state index is 0.0482. The molecule has 0 aliphatic carbocycles. The Bertz CT molecular complexity index is 459. The van der Waals surface area contributed by atoms with Gasteiger partial charge in [0.05, 0.1) is 25.6 Å². The summed E-state index contributed by atoms with van der Waals surface area (Å²) in [5.41, 5.74) is 6.22. The van der Waals surface area contributed by atoms with E-state index in [0.717, 1.165) is 0 Å². The lowest BCUT2D eigenvalue weighted by atomic mass is 10.2. The first-order chi connectivity index (χ1) is 9.42. The summed E-state index contributed by atoms with van der Waals surface area (Å²) in [6, 6.07) is 0. The van der Waals surface area contributed by atoms with Crippen LogP contribution in [0.25, 0.3) is 0 Å². The molecule has 1 amide bonds. The highest BCUT2D eigenvalue weighted by atomic mass is 32.1. The van der Waals surface area contributed by atoms with Gasteiger partial charge in [-0.15, -0.1) is 11.3 Å². The highest BCUT2D eigenvalue weighted by molar-refractivity contribution is 7.13. The fourth-order valence-corrected chi connectivity index (χ4v) is 2.32. The van der Waals surface area contributed by atoms with E-state index in [1.54, 1.807) is 10.3 Å². The quantitative estimate of drug-likeness (QED) is 0.767. The maximum absolute atomic E-state index is 12.3. The highest BCUT2D eigenvalue weighted by Gasteiger charge is 2.18. The molecule has 0 saturated carbocycles. The molecule has 2 N–H and O–H groups in total. The summed E-state index contributed by atoms with van der Waals surface area (Å²) in [5, 5.41) is 2.24. The molecule has 1 heterocycles. The largest absolute Gasteiger partial charge is 0.469 e. The van der Waals surface area contributed by atoms with Crippen molar-refractivity contribution in [2.75, 3.05) is 25.9 Å². The Morgan fingerprint density at radius 2 is 2.20 bits per heavy atom. The lowest BCUT2D eigenvalue weighted by Gasteiger charge is -2.24. The smallest absolute Gasteiger partial charge is 0.307 e. The van der Waals surface area contributed by atoms with E-state index in [2.05, 4.69) is 9.72 Å². The molecule has 0 aliphatic heterocycles. The van der Waals surface area contributed by atoms with Crippen molar-refractivity contribution < 1.29 is 14.3 Å². The van der Waals surface area contributed by atoms with Crippen LogP contribution < -0.4 is 5.73 Å². The highest BCUT2D eigenvalue weighted by Crippen LogP contribution is 2.13. The molecule has 0 spiro atoms. The lowest BCUT2D eigenvalue weighted by Crippen LogP contribution is -2.37. The average molecular weight is 299 g/mol. The van der Waals surface area contributed by atoms with Crippen molar-refractivity contribution in [3.63, 3.8) is 0 Å². The van der Waals surface area contributed by atoms with Gasteiger partial charge in [-0.2, -0.15) is 0 Å². The lowest BCUT2D eigenvalue weighted by molar-refractivity contribution is -0.141. The van der Waals surface area contributed by atoms with E-state index < -0.39 is 0 Å². The van der Waals surface area contributed by atoms with Gasteiger partial charge in [-0.1, -0.05) is 13.8 Å². The number of nitrogen functional groups attached to an aromatic ring is 1. The standard InChI is InChI=1S/C13H21N3O3S/c1-9(2)7-16(5-4-12(18)19-3)11(17)6-10-8-20-13(14)15-10/h8-9H,4-7H2,1-3H3,(H2,14,15). The second-order valence-electron chi connectivity index (χ2n) is 4.91. The van der Waals surface area contributed by atoms with Crippen molar-refractivity contribution in [2.45, 2.75) is 26.7 Å². The summed E-state index contributed by atoms with van der Waals surface area (Å²) in [6.07, 6.45) is 0.412. The molecular formula is C13H21N3O3S. The molecule has 20 heavy (non-hydrogen) atoms. The number of esters is 1. The first kappa shape index (κ1) is 16.4. The summed E-state index contributed by atoms with van der Waals surface area (Å²) in [5.74, 6) is -0.0329. The second kappa shape index (κ2) is 7.84. The van der Waals surface area contributed by atoms with Crippen LogP contribution in [-0.4, -0.2) is 42.0 Å². The van der Waals surface area contributed by atoms with Gasteiger partial charge in [0.25, 0.3) is 0 Å². The van der Waals surface area contributed by atoms with E-state index in [9.17, 15) is 9.59 Å². The summed E-state index contributed by atoms with van der Waals surface area (Å²) >= 11 is 1.32. The maximum atomic E-state index is 12.3. The predicted molar refractivity (Wildman–Crippen MR) is 78.3 cm³/mol. The van der Waals surface area contributed by atoms with Crippen molar-refractivity contribution in [3.05, 3.63) is 11.1 Å². The fraction of sp³-hybridized carbons (Fsp3) is 0.615. The van der Waals surface area contributed by atoms with Gasteiger partial charge in [0.1, 0.15) is 0 Å². The number of anilines is 1. The van der Waals surface area contributed by atoms with Gasteiger partial charge in [-0.05, 0) is 5.92 Å². The summed E-state index contributed by atoms with van der Waals surface area (Å²) in [6.45, 7) is 5.03. The molecule has 0 radical (unpaired) electrons. The van der Waals surface area contributed by atoms with Crippen molar-refractivity contribution in [1.29, 1.82) is 0 Å². The molecule has 6 nitrogen and oxygen atoms in total. The number of carbonyl (C=O) groups is 2. The van der Waals surface area contributed by atoms with Gasteiger partial charge in [0.2, 0.25) is 5.91 Å². The number of aromatic nitrogens is 1. The zero-order chi connectivity index (χ0) is 15.1. The van der Waals surface area contributed by atoms with Crippen LogP contribution in [0.2, 0.25) is 0 Å². The minimum Gasteiger partial charge on any atom is -0.469 e. The number of ether oxygens (including phenoxy) is 1. The van der Waals surface area contributed by atoms with E-state index in [1.807, 2.05) is 13.8 Å². The van der Waals surface area contributed by atoms with Crippen LogP contribution in [0.1, 0.15) is 26.0 Å². The molecule has 0 aliphatic rings. The number of hydrogen-bond acceptors (Lipinski definition) is 6. The van der Waals surface area contributed by atoms with Crippen molar-refractivity contribution in [1.82, 2.24) is 9.88 Å². The van der Waals surface area contributed by atoms with Crippen molar-refractivity contribution >= 4 is 28.3 Å². The van der Waals surface area contributed by atoms with Crippen LogP contribution in [0.15, 0.2) is 5.38 Å². The van der Waals surface area contributed by atoms with E-state index in [-0.39, 0.29) is 24.7 Å². The Balaban J connectivity index is 2.61. The van der Waals surface area contributed by atoms with Crippen LogP contribution in [0.3, 0.4) is 0 Å². The maximum Gasteiger partial charge on any atom is 0.307 e. The zero-order valence-corrected chi connectivity index (χ0v) is 12.9. The molecule has 0 saturated heterocycles. The van der Waals surface area contributed by atoms with Crippen LogP contribution in [-0.2, 0) is 20.7 Å². The molecule has 1 aromatic rings. The van der Waals surface area contributed by atoms with Crippen LogP contribution in [0, 0.1) is 5.92 Å². The van der Waals surface area contributed by atoms with Gasteiger partial charge in [-0.25, -0.2) is 4.98 Å². The normalized spacial score (nSPS) is 10.6. The number of amides is 1. The number of hydrogen-bond donors (Lipinski definition) is 1. The third-order valence-corrected chi connectivity index (χ3v) is 3.38. The van der Waals surface area contributed by atoms with E-state index >= 15 is 0 Å². The topological polar surface area (TPSA) is 85.5 Å². The Morgan fingerprint density at radius 3 is 2.70 bits per heavy atom. The van der Waals surface area contributed by atoms with E-state index in [0.29, 0.717) is 29.8 Å². The second-order valence-corrected chi connectivity index (χ2v) is 5.80. The molecule has 0 unspecified atom stereocenters. The average Bonchev–Trinajstić information content (AvgIpc) is 2.78. The Labute approximate surface area is 122 Å². The van der Waals surface area contributed by atoms with Crippen LogP contribution in [0.5, 0.6) is 0 Å². The van der Waals surface area contributed by atoms with E-state index in [1.165, 1.54) is 18.4 Å². The fourth-order valence-electron chi connectivity index (χ4n) is 1.76. The number of nitrogens with zero attached hydrogens (tertiary/aromatic N) is 2. The molecule has 112 valence electrons. The Hall–Kier alpha value is -1.63. The SMILES string of the molecule is COC(=O)CCN(CC(C)C)C(=O)Cc1csc(N)n1. The summed E-state index contributed by atoms with van der Waals surface area (Å²) < 4.78 is 4.60. The monoisotopic (exact) mass is 299 g/mol. The molecule has 0 fully saturated rings. The van der Waals surface area contributed by atoms with Gasteiger partial charge in [-0.3, -0.25) is 9.59 Å². The third-order valence-electron chi connectivity index (χ3n) is 2.65. The number of thiazole rings is 1. The zero-order valence-electron chi connectivity index (χ0n) is 12.1. The molecule has 7 heteroatoms. The molecular weight excluding hydrogens is 278 g/mol. The number of rotatable bonds is 7. The first-order valence-corrected chi connectivity index (χ1v) is 7.34. The van der Waals surface area contributed by atoms with Crippen molar-refractivity contribution in [2.24, 2.45) is 5.92 Å². The first-order valence-electron chi connectivity index (χ1n) is 6.46. The van der Waals surface area contributed by atoms with Gasteiger partial charge >= 0.3 is 5.97 Å². The minimum atomic E-state index is -0.315. The third kappa shape index (κ3) is 5.56. The summed E-state index contributed by atoms with van der Waals surface area (Å²) in [4.78, 5) is 29.2. The van der Waals surface area contributed by atoms with Gasteiger partial charge in [0.15, 0.2) is 5.13 Å². The number of carbonyl (C=O) groups excluding carboxylic acids is 2. The molecule has 1 aromatic heterocycles. The van der Waals surface area contributed by atoms with Crippen LogP contribution in [0.4, 0.5) is 5.13 Å². The van der Waals surface area contributed by atoms with Crippen molar-refractivity contribution in [3.8, 4) is 0 Å². The molecule has 0 bridgehead atoms. The molecule has 0 aromatic carbocycles.